The van der Waals surface area contributed by atoms with Gasteiger partial charge in [0.25, 0.3) is 5.91 Å². The minimum absolute atomic E-state index is 0.177. The van der Waals surface area contributed by atoms with Crippen molar-refractivity contribution in [3.8, 4) is 11.9 Å². The van der Waals surface area contributed by atoms with Gasteiger partial charge in [0.15, 0.2) is 0 Å². The highest BCUT2D eigenvalue weighted by atomic mass is 16.5. The molecular weight excluding hydrogens is 256 g/mol. The first-order valence-electron chi connectivity index (χ1n) is 5.83. The fraction of sp³-hybridized carbons (Fsp3) is 0.143. The molecule has 0 saturated carbocycles. The average Bonchev–Trinajstić information content (AvgIpc) is 2.46. The number of hydrogen-bond acceptors (Lipinski definition) is 5. The summed E-state index contributed by atoms with van der Waals surface area (Å²) in [6.07, 6.45) is 0. The van der Waals surface area contributed by atoms with E-state index >= 15 is 0 Å². The van der Waals surface area contributed by atoms with E-state index < -0.39 is 0 Å². The minimum Gasteiger partial charge on any atom is -0.481 e. The Morgan fingerprint density at radius 2 is 2.00 bits per heavy atom. The number of carbonyl (C=O) groups excluding carboxylic acids is 1. The van der Waals surface area contributed by atoms with Crippen LogP contribution >= 0.6 is 0 Å². The highest BCUT2D eigenvalue weighted by Crippen LogP contribution is 2.12. The topological polar surface area (TPSA) is 87.9 Å². The number of aromatic nitrogens is 2. The SMILES string of the molecule is COc1cc(C)nc(NC(=O)c2ccc(C#N)cc2)n1. The highest BCUT2D eigenvalue weighted by Gasteiger charge is 2.09. The maximum absolute atomic E-state index is 12.0. The molecule has 0 fully saturated rings. The lowest BCUT2D eigenvalue weighted by Crippen LogP contribution is -2.14. The van der Waals surface area contributed by atoms with Crippen molar-refractivity contribution < 1.29 is 9.53 Å². The van der Waals surface area contributed by atoms with Crippen LogP contribution in [0, 0.1) is 18.3 Å². The number of ether oxygens (including phenoxy) is 1. The molecule has 0 radical (unpaired) electrons. The van der Waals surface area contributed by atoms with Crippen molar-refractivity contribution in [3.05, 3.63) is 47.2 Å². The van der Waals surface area contributed by atoms with Crippen LogP contribution in [0.1, 0.15) is 21.6 Å². The summed E-state index contributed by atoms with van der Waals surface area (Å²) in [5.74, 6) is 0.214. The number of hydrogen-bond donors (Lipinski definition) is 1. The lowest BCUT2D eigenvalue weighted by Gasteiger charge is -2.06. The number of nitrogens with zero attached hydrogens (tertiary/aromatic N) is 3. The average molecular weight is 268 g/mol. The molecule has 6 nitrogen and oxygen atoms in total. The Morgan fingerprint density at radius 1 is 1.30 bits per heavy atom. The van der Waals surface area contributed by atoms with Crippen molar-refractivity contribution in [2.45, 2.75) is 6.92 Å². The first kappa shape index (κ1) is 13.5. The Hall–Kier alpha value is -2.94. The molecule has 0 atom stereocenters. The van der Waals surface area contributed by atoms with Crippen LogP contribution in [0.3, 0.4) is 0 Å². The zero-order valence-corrected chi connectivity index (χ0v) is 11.0. The Morgan fingerprint density at radius 3 is 2.60 bits per heavy atom. The number of anilines is 1. The molecule has 1 N–H and O–H groups in total. The van der Waals surface area contributed by atoms with Gasteiger partial charge in [0.1, 0.15) is 0 Å². The number of aryl methyl sites for hydroxylation is 1. The van der Waals surface area contributed by atoms with Crippen LogP contribution < -0.4 is 10.1 Å². The zero-order chi connectivity index (χ0) is 14.5. The van der Waals surface area contributed by atoms with Crippen LogP contribution in [0.5, 0.6) is 5.88 Å². The second-order valence-corrected chi connectivity index (χ2v) is 4.02. The molecule has 0 aliphatic carbocycles. The van der Waals surface area contributed by atoms with E-state index in [1.807, 2.05) is 6.07 Å². The molecular formula is C14H12N4O2. The summed E-state index contributed by atoms with van der Waals surface area (Å²) >= 11 is 0. The predicted octanol–water partition coefficient (Wildman–Crippen LogP) is 1.92. The van der Waals surface area contributed by atoms with E-state index in [2.05, 4.69) is 15.3 Å². The first-order chi connectivity index (χ1) is 9.62. The van der Waals surface area contributed by atoms with Crippen LogP contribution in [-0.4, -0.2) is 23.0 Å². The van der Waals surface area contributed by atoms with E-state index in [0.29, 0.717) is 22.7 Å². The van der Waals surface area contributed by atoms with Crippen molar-refractivity contribution in [2.24, 2.45) is 0 Å². The summed E-state index contributed by atoms with van der Waals surface area (Å²) in [5, 5.41) is 11.3. The number of nitriles is 1. The quantitative estimate of drug-likeness (QED) is 0.918. The van der Waals surface area contributed by atoms with E-state index in [4.69, 9.17) is 10.00 Å². The number of amides is 1. The number of nitrogens with one attached hydrogen (secondary N) is 1. The molecule has 1 heterocycles. The maximum atomic E-state index is 12.0. The van der Waals surface area contributed by atoms with E-state index in [1.165, 1.54) is 7.11 Å². The van der Waals surface area contributed by atoms with Crippen molar-refractivity contribution in [1.82, 2.24) is 9.97 Å². The van der Waals surface area contributed by atoms with E-state index in [9.17, 15) is 4.79 Å². The van der Waals surface area contributed by atoms with Gasteiger partial charge in [-0.15, -0.1) is 0 Å². The number of methoxy groups -OCH3 is 1. The van der Waals surface area contributed by atoms with Crippen LogP contribution in [0.15, 0.2) is 30.3 Å². The van der Waals surface area contributed by atoms with Crippen molar-refractivity contribution >= 4 is 11.9 Å². The molecule has 100 valence electrons. The molecule has 0 bridgehead atoms. The van der Waals surface area contributed by atoms with Gasteiger partial charge < -0.3 is 4.74 Å². The third-order valence-electron chi connectivity index (χ3n) is 2.54. The lowest BCUT2D eigenvalue weighted by atomic mass is 10.1. The third-order valence-corrected chi connectivity index (χ3v) is 2.54. The normalized spacial score (nSPS) is 9.65. The minimum atomic E-state index is -0.345. The number of carbonyl (C=O) groups is 1. The second-order valence-electron chi connectivity index (χ2n) is 4.02. The van der Waals surface area contributed by atoms with Crippen molar-refractivity contribution in [3.63, 3.8) is 0 Å². The molecule has 6 heteroatoms. The van der Waals surface area contributed by atoms with Gasteiger partial charge in [0.05, 0.1) is 18.7 Å². The monoisotopic (exact) mass is 268 g/mol. The van der Waals surface area contributed by atoms with Crippen molar-refractivity contribution in [1.29, 1.82) is 5.26 Å². The molecule has 0 aliphatic heterocycles. The fourth-order valence-corrected chi connectivity index (χ4v) is 1.57. The molecule has 1 aromatic carbocycles. The zero-order valence-electron chi connectivity index (χ0n) is 11.0. The largest absolute Gasteiger partial charge is 0.481 e. The molecule has 2 rings (SSSR count). The van der Waals surface area contributed by atoms with Crippen LogP contribution in [0.4, 0.5) is 5.95 Å². The van der Waals surface area contributed by atoms with Gasteiger partial charge in [0.2, 0.25) is 11.8 Å². The van der Waals surface area contributed by atoms with Crippen LogP contribution in [-0.2, 0) is 0 Å². The Balaban J connectivity index is 2.18. The summed E-state index contributed by atoms with van der Waals surface area (Å²) in [4.78, 5) is 20.1. The summed E-state index contributed by atoms with van der Waals surface area (Å²) < 4.78 is 5.01. The Kier molecular flexibility index (Phi) is 3.91. The molecule has 1 aromatic heterocycles. The van der Waals surface area contributed by atoms with Gasteiger partial charge in [-0.2, -0.15) is 10.2 Å². The maximum Gasteiger partial charge on any atom is 0.258 e. The van der Waals surface area contributed by atoms with Crippen LogP contribution in [0.25, 0.3) is 0 Å². The van der Waals surface area contributed by atoms with E-state index in [1.54, 1.807) is 37.3 Å². The summed E-state index contributed by atoms with van der Waals surface area (Å²) in [5.41, 5.74) is 1.61. The molecule has 0 spiro atoms. The summed E-state index contributed by atoms with van der Waals surface area (Å²) in [6.45, 7) is 1.78. The van der Waals surface area contributed by atoms with Gasteiger partial charge in [-0.05, 0) is 31.2 Å². The van der Waals surface area contributed by atoms with Gasteiger partial charge in [0, 0.05) is 17.3 Å². The van der Waals surface area contributed by atoms with E-state index in [0.717, 1.165) is 0 Å². The predicted molar refractivity (Wildman–Crippen MR) is 72.4 cm³/mol. The first-order valence-corrected chi connectivity index (χ1v) is 5.83. The standard InChI is InChI=1S/C14H12N4O2/c1-9-7-12(20-2)17-14(16-9)18-13(19)11-5-3-10(8-15)4-6-11/h3-7H,1-2H3,(H,16,17,18,19). The van der Waals surface area contributed by atoms with Gasteiger partial charge in [-0.1, -0.05) is 0 Å². The van der Waals surface area contributed by atoms with Gasteiger partial charge in [-0.3, -0.25) is 10.1 Å². The summed E-state index contributed by atoms with van der Waals surface area (Å²) in [7, 11) is 1.49. The number of benzene rings is 1. The van der Waals surface area contributed by atoms with Gasteiger partial charge in [-0.25, -0.2) is 4.98 Å². The molecule has 0 saturated heterocycles. The number of rotatable bonds is 3. The van der Waals surface area contributed by atoms with E-state index in [-0.39, 0.29) is 11.9 Å². The van der Waals surface area contributed by atoms with Crippen molar-refractivity contribution in [2.75, 3.05) is 12.4 Å². The fourth-order valence-electron chi connectivity index (χ4n) is 1.57. The molecule has 1 amide bonds. The third kappa shape index (κ3) is 3.09. The molecule has 2 aromatic rings. The Labute approximate surface area is 116 Å². The molecule has 0 aliphatic rings. The van der Waals surface area contributed by atoms with Crippen LogP contribution in [0.2, 0.25) is 0 Å². The highest BCUT2D eigenvalue weighted by molar-refractivity contribution is 6.03. The second kappa shape index (κ2) is 5.80. The van der Waals surface area contributed by atoms with Gasteiger partial charge >= 0.3 is 0 Å². The molecule has 0 unspecified atom stereocenters. The molecule has 20 heavy (non-hydrogen) atoms. The lowest BCUT2D eigenvalue weighted by molar-refractivity contribution is 0.102. The smallest absolute Gasteiger partial charge is 0.258 e. The summed E-state index contributed by atoms with van der Waals surface area (Å²) in [6, 6.07) is 9.95. The Bertz CT molecular complexity index is 675.